The van der Waals surface area contributed by atoms with Crippen LogP contribution in [0.15, 0.2) is 24.4 Å². The lowest BCUT2D eigenvalue weighted by Gasteiger charge is -2.10. The standard InChI is InChI=1S/C13H13NO4/c1-16-8-6-10-12(11(7-8)17-2)9(4-5-14-10)13(15)18-3/h4-7H,1-3H3. The Morgan fingerprint density at radius 3 is 2.56 bits per heavy atom. The highest BCUT2D eigenvalue weighted by molar-refractivity contribution is 6.06. The number of nitrogens with zero attached hydrogens (tertiary/aromatic N) is 1. The monoisotopic (exact) mass is 247 g/mol. The van der Waals surface area contributed by atoms with E-state index in [2.05, 4.69) is 4.98 Å². The van der Waals surface area contributed by atoms with E-state index in [1.807, 2.05) is 0 Å². The van der Waals surface area contributed by atoms with E-state index in [0.29, 0.717) is 28.0 Å². The lowest BCUT2D eigenvalue weighted by Crippen LogP contribution is -2.04. The molecule has 1 heterocycles. The van der Waals surface area contributed by atoms with Crippen molar-refractivity contribution in [3.63, 3.8) is 0 Å². The average Bonchev–Trinajstić information content (AvgIpc) is 2.44. The Labute approximate surface area is 104 Å². The van der Waals surface area contributed by atoms with Gasteiger partial charge in [0.05, 0.1) is 37.8 Å². The van der Waals surface area contributed by atoms with E-state index in [1.54, 1.807) is 31.5 Å². The summed E-state index contributed by atoms with van der Waals surface area (Å²) in [4.78, 5) is 15.9. The lowest BCUT2D eigenvalue weighted by atomic mass is 10.1. The zero-order valence-electron chi connectivity index (χ0n) is 10.4. The van der Waals surface area contributed by atoms with Gasteiger partial charge in [0.25, 0.3) is 0 Å². The highest BCUT2D eigenvalue weighted by Gasteiger charge is 2.16. The summed E-state index contributed by atoms with van der Waals surface area (Å²) in [6.45, 7) is 0. The number of benzene rings is 1. The molecule has 0 fully saturated rings. The summed E-state index contributed by atoms with van der Waals surface area (Å²) in [5.74, 6) is 0.720. The molecule has 0 amide bonds. The normalized spacial score (nSPS) is 10.2. The molecule has 2 rings (SSSR count). The van der Waals surface area contributed by atoms with Crippen molar-refractivity contribution in [2.24, 2.45) is 0 Å². The molecule has 0 radical (unpaired) electrons. The topological polar surface area (TPSA) is 57.7 Å². The molecule has 5 nitrogen and oxygen atoms in total. The number of fused-ring (bicyclic) bond motifs is 1. The van der Waals surface area contributed by atoms with Crippen LogP contribution < -0.4 is 9.47 Å². The number of carbonyl (C=O) groups is 1. The molecular weight excluding hydrogens is 234 g/mol. The van der Waals surface area contributed by atoms with Crippen LogP contribution in [0.3, 0.4) is 0 Å². The molecule has 0 aliphatic carbocycles. The van der Waals surface area contributed by atoms with E-state index in [1.165, 1.54) is 14.2 Å². The van der Waals surface area contributed by atoms with Gasteiger partial charge < -0.3 is 14.2 Å². The van der Waals surface area contributed by atoms with Crippen LogP contribution in [0.2, 0.25) is 0 Å². The summed E-state index contributed by atoms with van der Waals surface area (Å²) in [6, 6.07) is 5.05. The van der Waals surface area contributed by atoms with Gasteiger partial charge in [-0.1, -0.05) is 0 Å². The largest absolute Gasteiger partial charge is 0.497 e. The number of ether oxygens (including phenoxy) is 3. The Bertz CT molecular complexity index is 595. The molecule has 1 aromatic carbocycles. The minimum atomic E-state index is -0.425. The van der Waals surface area contributed by atoms with Crippen molar-refractivity contribution >= 4 is 16.9 Å². The molecule has 0 unspecified atom stereocenters. The minimum Gasteiger partial charge on any atom is -0.497 e. The molecule has 94 valence electrons. The Kier molecular flexibility index (Phi) is 3.32. The van der Waals surface area contributed by atoms with Gasteiger partial charge in [0, 0.05) is 18.3 Å². The molecule has 0 saturated carbocycles. The summed E-state index contributed by atoms with van der Waals surface area (Å²) in [7, 11) is 4.43. The van der Waals surface area contributed by atoms with Crippen molar-refractivity contribution in [3.8, 4) is 11.5 Å². The maximum absolute atomic E-state index is 11.7. The Morgan fingerprint density at radius 1 is 1.17 bits per heavy atom. The van der Waals surface area contributed by atoms with Gasteiger partial charge >= 0.3 is 5.97 Å². The van der Waals surface area contributed by atoms with Crippen LogP contribution in [-0.2, 0) is 4.74 Å². The second-order valence-corrected chi connectivity index (χ2v) is 3.57. The van der Waals surface area contributed by atoms with E-state index >= 15 is 0 Å². The maximum Gasteiger partial charge on any atom is 0.338 e. The van der Waals surface area contributed by atoms with Crippen molar-refractivity contribution in [1.29, 1.82) is 0 Å². The second kappa shape index (κ2) is 4.91. The zero-order valence-corrected chi connectivity index (χ0v) is 10.4. The molecule has 1 aromatic heterocycles. The summed E-state index contributed by atoms with van der Waals surface area (Å²) in [5, 5.41) is 0.618. The lowest BCUT2D eigenvalue weighted by molar-refractivity contribution is 0.0602. The third-order valence-electron chi connectivity index (χ3n) is 2.64. The molecule has 0 aliphatic rings. The van der Waals surface area contributed by atoms with Crippen LogP contribution in [0.5, 0.6) is 11.5 Å². The fourth-order valence-corrected chi connectivity index (χ4v) is 1.78. The average molecular weight is 247 g/mol. The molecule has 2 aromatic rings. The number of carbonyl (C=O) groups excluding carboxylic acids is 1. The van der Waals surface area contributed by atoms with Crippen LogP contribution in [0.4, 0.5) is 0 Å². The van der Waals surface area contributed by atoms with E-state index < -0.39 is 5.97 Å². The molecule has 0 bridgehead atoms. The van der Waals surface area contributed by atoms with E-state index in [4.69, 9.17) is 14.2 Å². The zero-order chi connectivity index (χ0) is 13.1. The van der Waals surface area contributed by atoms with Crippen LogP contribution in [0.1, 0.15) is 10.4 Å². The Morgan fingerprint density at radius 2 is 1.94 bits per heavy atom. The second-order valence-electron chi connectivity index (χ2n) is 3.57. The van der Waals surface area contributed by atoms with Crippen molar-refractivity contribution in [2.45, 2.75) is 0 Å². The Hall–Kier alpha value is -2.30. The predicted molar refractivity (Wildman–Crippen MR) is 66.2 cm³/mol. The fourth-order valence-electron chi connectivity index (χ4n) is 1.78. The molecule has 0 saturated heterocycles. The summed E-state index contributed by atoms with van der Waals surface area (Å²) < 4.78 is 15.2. The maximum atomic E-state index is 11.7. The van der Waals surface area contributed by atoms with Crippen molar-refractivity contribution in [2.75, 3.05) is 21.3 Å². The molecular formula is C13H13NO4. The van der Waals surface area contributed by atoms with E-state index in [0.717, 1.165) is 0 Å². The van der Waals surface area contributed by atoms with Crippen molar-refractivity contribution < 1.29 is 19.0 Å². The molecule has 0 aliphatic heterocycles. The number of rotatable bonds is 3. The number of aromatic nitrogens is 1. The highest BCUT2D eigenvalue weighted by atomic mass is 16.5. The van der Waals surface area contributed by atoms with Gasteiger partial charge in [-0.3, -0.25) is 4.98 Å². The SMILES string of the molecule is COC(=O)c1ccnc2cc(OC)cc(OC)c12. The highest BCUT2D eigenvalue weighted by Crippen LogP contribution is 2.32. The van der Waals surface area contributed by atoms with Gasteiger partial charge in [0.15, 0.2) is 0 Å². The molecule has 18 heavy (non-hydrogen) atoms. The predicted octanol–water partition coefficient (Wildman–Crippen LogP) is 2.04. The van der Waals surface area contributed by atoms with Crippen LogP contribution in [-0.4, -0.2) is 32.3 Å². The van der Waals surface area contributed by atoms with Gasteiger partial charge in [0.1, 0.15) is 11.5 Å². The third-order valence-corrected chi connectivity index (χ3v) is 2.64. The van der Waals surface area contributed by atoms with E-state index in [-0.39, 0.29) is 0 Å². The molecule has 0 atom stereocenters. The molecule has 0 spiro atoms. The van der Waals surface area contributed by atoms with Gasteiger partial charge in [-0.05, 0) is 6.07 Å². The first-order chi connectivity index (χ1) is 8.71. The van der Waals surface area contributed by atoms with Crippen molar-refractivity contribution in [1.82, 2.24) is 4.98 Å². The quantitative estimate of drug-likeness (QED) is 0.777. The van der Waals surface area contributed by atoms with Gasteiger partial charge in [-0.15, -0.1) is 0 Å². The third kappa shape index (κ3) is 1.95. The smallest absolute Gasteiger partial charge is 0.338 e. The van der Waals surface area contributed by atoms with Gasteiger partial charge in [-0.25, -0.2) is 4.79 Å². The first-order valence-corrected chi connectivity index (χ1v) is 5.30. The molecule has 5 heteroatoms. The van der Waals surface area contributed by atoms with Gasteiger partial charge in [-0.2, -0.15) is 0 Å². The number of methoxy groups -OCH3 is 3. The first kappa shape index (κ1) is 12.2. The number of pyridine rings is 1. The Balaban J connectivity index is 2.78. The number of hydrogen-bond acceptors (Lipinski definition) is 5. The van der Waals surface area contributed by atoms with Crippen LogP contribution >= 0.6 is 0 Å². The van der Waals surface area contributed by atoms with Crippen molar-refractivity contribution in [3.05, 3.63) is 30.0 Å². The van der Waals surface area contributed by atoms with E-state index in [9.17, 15) is 4.79 Å². The molecule has 0 N–H and O–H groups in total. The van der Waals surface area contributed by atoms with Gasteiger partial charge in [0.2, 0.25) is 0 Å². The first-order valence-electron chi connectivity index (χ1n) is 5.30. The number of hydrogen-bond donors (Lipinski definition) is 0. The summed E-state index contributed by atoms with van der Waals surface area (Å²) in [5.41, 5.74) is 1.04. The summed E-state index contributed by atoms with van der Waals surface area (Å²) in [6.07, 6.45) is 1.55. The minimum absolute atomic E-state index is 0.419. The summed E-state index contributed by atoms with van der Waals surface area (Å²) >= 11 is 0. The van der Waals surface area contributed by atoms with Crippen LogP contribution in [0.25, 0.3) is 10.9 Å². The fraction of sp³-hybridized carbons (Fsp3) is 0.231. The number of esters is 1. The van der Waals surface area contributed by atoms with Crippen LogP contribution in [0, 0.1) is 0 Å².